The van der Waals surface area contributed by atoms with Crippen molar-refractivity contribution in [2.75, 3.05) is 20.6 Å². The van der Waals surface area contributed by atoms with Crippen molar-refractivity contribution in [2.45, 2.75) is 57.0 Å². The van der Waals surface area contributed by atoms with Crippen LogP contribution in [0.3, 0.4) is 0 Å². The molecule has 0 aliphatic heterocycles. The topological polar surface area (TPSA) is 81.7 Å². The van der Waals surface area contributed by atoms with Crippen LogP contribution in [0.15, 0.2) is 0 Å². The normalized spacial score (nSPS) is 18.8. The zero-order chi connectivity index (χ0) is 15.2. The molecule has 0 heterocycles. The molecule has 0 spiro atoms. The number of likely N-dealkylation sites (N-methyl/N-ethyl adjacent to an activating group) is 1. The highest BCUT2D eigenvalue weighted by atomic mass is 16.4. The Hall–Kier alpha value is -1.30. The van der Waals surface area contributed by atoms with E-state index in [1.165, 1.54) is 12.8 Å². The molecule has 1 fully saturated rings. The van der Waals surface area contributed by atoms with E-state index >= 15 is 0 Å². The first-order valence-electron chi connectivity index (χ1n) is 7.29. The molecule has 0 aromatic carbocycles. The highest BCUT2D eigenvalue weighted by molar-refractivity contribution is 5.74. The molecule has 1 unspecified atom stereocenters. The van der Waals surface area contributed by atoms with Gasteiger partial charge in [-0.05, 0) is 40.3 Å². The molecular formula is C14H27N3O3. The second-order valence-corrected chi connectivity index (χ2v) is 5.99. The fourth-order valence-electron chi connectivity index (χ4n) is 2.75. The highest BCUT2D eigenvalue weighted by Crippen LogP contribution is 2.32. The predicted molar refractivity (Wildman–Crippen MR) is 77.8 cm³/mol. The first-order valence-corrected chi connectivity index (χ1v) is 7.29. The smallest absolute Gasteiger partial charge is 0.315 e. The summed E-state index contributed by atoms with van der Waals surface area (Å²) in [5, 5.41) is 14.3. The number of amides is 2. The molecule has 6 heteroatoms. The number of hydrogen-bond donors (Lipinski definition) is 3. The van der Waals surface area contributed by atoms with Crippen molar-refractivity contribution in [3.63, 3.8) is 0 Å². The Morgan fingerprint density at radius 1 is 1.30 bits per heavy atom. The number of hydrogen-bond acceptors (Lipinski definition) is 3. The van der Waals surface area contributed by atoms with Crippen LogP contribution in [0.2, 0.25) is 0 Å². The Kier molecular flexibility index (Phi) is 6.26. The lowest BCUT2D eigenvalue weighted by molar-refractivity contribution is -0.137. The van der Waals surface area contributed by atoms with Gasteiger partial charge in [-0.1, -0.05) is 12.8 Å². The maximum absolute atomic E-state index is 11.8. The molecule has 0 aromatic heterocycles. The van der Waals surface area contributed by atoms with Crippen LogP contribution in [0.1, 0.15) is 45.4 Å². The van der Waals surface area contributed by atoms with Gasteiger partial charge in [0.2, 0.25) is 0 Å². The summed E-state index contributed by atoms with van der Waals surface area (Å²) < 4.78 is 0. The van der Waals surface area contributed by atoms with Crippen LogP contribution in [0.5, 0.6) is 0 Å². The SMILES string of the molecule is CC(CCC(=O)O)NC(=O)NCC1(N(C)C)CCCC1. The molecule has 0 saturated heterocycles. The fourth-order valence-corrected chi connectivity index (χ4v) is 2.75. The average molecular weight is 285 g/mol. The van der Waals surface area contributed by atoms with Crippen LogP contribution in [-0.4, -0.2) is 54.2 Å². The quantitative estimate of drug-likeness (QED) is 0.660. The number of aliphatic carboxylic acids is 1. The Balaban J connectivity index is 2.33. The Morgan fingerprint density at radius 2 is 1.90 bits per heavy atom. The zero-order valence-corrected chi connectivity index (χ0v) is 12.7. The Morgan fingerprint density at radius 3 is 2.40 bits per heavy atom. The molecule has 20 heavy (non-hydrogen) atoms. The summed E-state index contributed by atoms with van der Waals surface area (Å²) in [6.07, 6.45) is 5.14. The van der Waals surface area contributed by atoms with Crippen molar-refractivity contribution in [2.24, 2.45) is 0 Å². The fraction of sp³-hybridized carbons (Fsp3) is 0.857. The second-order valence-electron chi connectivity index (χ2n) is 5.99. The molecule has 116 valence electrons. The maximum Gasteiger partial charge on any atom is 0.315 e. The molecule has 1 aliphatic rings. The monoisotopic (exact) mass is 285 g/mol. The highest BCUT2D eigenvalue weighted by Gasteiger charge is 2.36. The number of rotatable bonds is 7. The van der Waals surface area contributed by atoms with Crippen molar-refractivity contribution in [1.29, 1.82) is 0 Å². The van der Waals surface area contributed by atoms with Gasteiger partial charge < -0.3 is 20.6 Å². The molecule has 1 aliphatic carbocycles. The summed E-state index contributed by atoms with van der Waals surface area (Å²) in [7, 11) is 4.11. The van der Waals surface area contributed by atoms with Gasteiger partial charge in [-0.2, -0.15) is 0 Å². The standard InChI is InChI=1S/C14H27N3O3/c1-11(6-7-12(18)19)16-13(20)15-10-14(17(2)3)8-4-5-9-14/h11H,4-10H2,1-3H3,(H,18,19)(H2,15,16,20). The van der Waals surface area contributed by atoms with Gasteiger partial charge in [-0.3, -0.25) is 4.79 Å². The van der Waals surface area contributed by atoms with Gasteiger partial charge in [0.15, 0.2) is 0 Å². The summed E-state index contributed by atoms with van der Waals surface area (Å²) in [6.45, 7) is 2.46. The van der Waals surface area contributed by atoms with E-state index in [2.05, 4.69) is 29.6 Å². The van der Waals surface area contributed by atoms with Crippen molar-refractivity contribution in [1.82, 2.24) is 15.5 Å². The van der Waals surface area contributed by atoms with E-state index in [0.29, 0.717) is 13.0 Å². The lowest BCUT2D eigenvalue weighted by Crippen LogP contribution is -2.53. The van der Waals surface area contributed by atoms with Crippen LogP contribution < -0.4 is 10.6 Å². The largest absolute Gasteiger partial charge is 0.481 e. The summed E-state index contributed by atoms with van der Waals surface area (Å²) in [5.74, 6) is -0.837. The van der Waals surface area contributed by atoms with Gasteiger partial charge in [0.25, 0.3) is 0 Å². The second kappa shape index (κ2) is 7.47. The molecule has 3 N–H and O–H groups in total. The van der Waals surface area contributed by atoms with Crippen LogP contribution in [-0.2, 0) is 4.79 Å². The third-order valence-electron chi connectivity index (χ3n) is 4.23. The van der Waals surface area contributed by atoms with E-state index in [9.17, 15) is 9.59 Å². The van der Waals surface area contributed by atoms with Gasteiger partial charge >= 0.3 is 12.0 Å². The van der Waals surface area contributed by atoms with Crippen LogP contribution in [0, 0.1) is 0 Å². The van der Waals surface area contributed by atoms with E-state index in [1.807, 2.05) is 6.92 Å². The first-order chi connectivity index (χ1) is 9.35. The zero-order valence-electron chi connectivity index (χ0n) is 12.7. The molecule has 1 saturated carbocycles. The van der Waals surface area contributed by atoms with E-state index < -0.39 is 5.97 Å². The van der Waals surface area contributed by atoms with Crippen molar-refractivity contribution in [3.8, 4) is 0 Å². The molecule has 0 aromatic rings. The number of urea groups is 1. The predicted octanol–water partition coefficient (Wildman–Crippen LogP) is 1.41. The molecule has 0 bridgehead atoms. The maximum atomic E-state index is 11.8. The molecule has 2 amide bonds. The minimum absolute atomic E-state index is 0.0711. The van der Waals surface area contributed by atoms with Gasteiger partial charge in [0.05, 0.1) is 0 Å². The minimum Gasteiger partial charge on any atom is -0.481 e. The van der Waals surface area contributed by atoms with Crippen LogP contribution in [0.25, 0.3) is 0 Å². The number of carboxylic acid groups (broad SMARTS) is 1. The lowest BCUT2D eigenvalue weighted by atomic mass is 9.96. The average Bonchev–Trinajstić information content (AvgIpc) is 2.84. The molecule has 1 atom stereocenters. The van der Waals surface area contributed by atoms with Gasteiger partial charge in [-0.25, -0.2) is 4.79 Å². The number of nitrogens with one attached hydrogen (secondary N) is 2. The molecule has 6 nitrogen and oxygen atoms in total. The number of carboxylic acids is 1. The third-order valence-corrected chi connectivity index (χ3v) is 4.23. The molecule has 1 rings (SSSR count). The van der Waals surface area contributed by atoms with Crippen LogP contribution in [0.4, 0.5) is 4.79 Å². The number of carbonyl (C=O) groups is 2. The van der Waals surface area contributed by atoms with Gasteiger partial charge in [-0.15, -0.1) is 0 Å². The summed E-state index contributed by atoms with van der Waals surface area (Å²) in [5.41, 5.74) is 0.0711. The number of nitrogens with zero attached hydrogens (tertiary/aromatic N) is 1. The summed E-state index contributed by atoms with van der Waals surface area (Å²) in [4.78, 5) is 24.5. The first kappa shape index (κ1) is 16.8. The van der Waals surface area contributed by atoms with E-state index in [-0.39, 0.29) is 24.0 Å². The summed E-state index contributed by atoms with van der Waals surface area (Å²) >= 11 is 0. The van der Waals surface area contributed by atoms with Crippen molar-refractivity contribution in [3.05, 3.63) is 0 Å². The number of carbonyl (C=O) groups excluding carboxylic acids is 1. The van der Waals surface area contributed by atoms with E-state index in [1.54, 1.807) is 0 Å². The third kappa shape index (κ3) is 5.00. The Bertz CT molecular complexity index is 339. The van der Waals surface area contributed by atoms with E-state index in [4.69, 9.17) is 5.11 Å². The van der Waals surface area contributed by atoms with Crippen molar-refractivity contribution < 1.29 is 14.7 Å². The molecular weight excluding hydrogens is 258 g/mol. The molecule has 0 radical (unpaired) electrons. The minimum atomic E-state index is -0.837. The summed E-state index contributed by atoms with van der Waals surface area (Å²) in [6, 6.07) is -0.346. The van der Waals surface area contributed by atoms with E-state index in [0.717, 1.165) is 12.8 Å². The van der Waals surface area contributed by atoms with Gasteiger partial charge in [0, 0.05) is 24.5 Å². The van der Waals surface area contributed by atoms with Gasteiger partial charge in [0.1, 0.15) is 0 Å². The van der Waals surface area contributed by atoms with Crippen molar-refractivity contribution >= 4 is 12.0 Å². The Labute approximate surface area is 120 Å². The van der Waals surface area contributed by atoms with Crippen LogP contribution >= 0.6 is 0 Å². The lowest BCUT2D eigenvalue weighted by Gasteiger charge is -2.36.